The lowest BCUT2D eigenvalue weighted by atomic mass is 10.1. The SMILES string of the molecule is Cc1cccc(CCCN2CCN(CCCN)CC2)c1. The maximum Gasteiger partial charge on any atom is 0.0110 e. The van der Waals surface area contributed by atoms with Gasteiger partial charge in [0, 0.05) is 26.2 Å². The highest BCUT2D eigenvalue weighted by Gasteiger charge is 2.15. The van der Waals surface area contributed by atoms with E-state index in [-0.39, 0.29) is 0 Å². The molecule has 0 radical (unpaired) electrons. The van der Waals surface area contributed by atoms with Crippen molar-refractivity contribution in [3.63, 3.8) is 0 Å². The van der Waals surface area contributed by atoms with Crippen LogP contribution in [0.2, 0.25) is 0 Å². The summed E-state index contributed by atoms with van der Waals surface area (Å²) >= 11 is 0. The monoisotopic (exact) mass is 275 g/mol. The van der Waals surface area contributed by atoms with E-state index in [1.807, 2.05) is 0 Å². The van der Waals surface area contributed by atoms with Gasteiger partial charge in [-0.05, 0) is 51.4 Å². The van der Waals surface area contributed by atoms with Crippen LogP contribution in [-0.4, -0.2) is 55.6 Å². The first kappa shape index (κ1) is 15.5. The van der Waals surface area contributed by atoms with Crippen molar-refractivity contribution in [3.8, 4) is 0 Å². The Morgan fingerprint density at radius 2 is 1.65 bits per heavy atom. The van der Waals surface area contributed by atoms with E-state index in [4.69, 9.17) is 5.73 Å². The van der Waals surface area contributed by atoms with Crippen molar-refractivity contribution in [2.45, 2.75) is 26.2 Å². The van der Waals surface area contributed by atoms with Crippen LogP contribution in [0.4, 0.5) is 0 Å². The van der Waals surface area contributed by atoms with Gasteiger partial charge in [0.15, 0.2) is 0 Å². The van der Waals surface area contributed by atoms with Gasteiger partial charge in [-0.1, -0.05) is 29.8 Å². The number of benzene rings is 1. The molecule has 1 aliphatic heterocycles. The van der Waals surface area contributed by atoms with E-state index in [9.17, 15) is 0 Å². The molecule has 0 amide bonds. The maximum atomic E-state index is 5.57. The molecule has 112 valence electrons. The predicted molar refractivity (Wildman–Crippen MR) is 86.1 cm³/mol. The lowest BCUT2D eigenvalue weighted by Gasteiger charge is -2.34. The van der Waals surface area contributed by atoms with Crippen molar-refractivity contribution in [1.82, 2.24) is 9.80 Å². The molecule has 2 rings (SSSR count). The van der Waals surface area contributed by atoms with E-state index >= 15 is 0 Å². The molecule has 0 saturated carbocycles. The van der Waals surface area contributed by atoms with Gasteiger partial charge in [0.05, 0.1) is 0 Å². The van der Waals surface area contributed by atoms with Crippen molar-refractivity contribution in [3.05, 3.63) is 35.4 Å². The highest BCUT2D eigenvalue weighted by Crippen LogP contribution is 2.08. The Hall–Kier alpha value is -0.900. The number of hydrogen-bond acceptors (Lipinski definition) is 3. The van der Waals surface area contributed by atoms with Gasteiger partial charge in [-0.15, -0.1) is 0 Å². The first-order chi connectivity index (χ1) is 9.78. The number of piperazine rings is 1. The van der Waals surface area contributed by atoms with Crippen LogP contribution in [0.15, 0.2) is 24.3 Å². The third kappa shape index (κ3) is 5.23. The Morgan fingerprint density at radius 1 is 1.00 bits per heavy atom. The number of hydrogen-bond donors (Lipinski definition) is 1. The third-order valence-corrected chi connectivity index (χ3v) is 4.17. The fourth-order valence-electron chi connectivity index (χ4n) is 2.93. The molecule has 1 fully saturated rings. The largest absolute Gasteiger partial charge is 0.330 e. The Bertz CT molecular complexity index is 384. The van der Waals surface area contributed by atoms with Crippen LogP contribution in [0.3, 0.4) is 0 Å². The molecule has 3 nitrogen and oxygen atoms in total. The van der Waals surface area contributed by atoms with Crippen LogP contribution in [-0.2, 0) is 6.42 Å². The van der Waals surface area contributed by atoms with E-state index in [1.54, 1.807) is 0 Å². The molecule has 2 N–H and O–H groups in total. The molecular formula is C17H29N3. The smallest absolute Gasteiger partial charge is 0.0110 e. The molecule has 0 aromatic heterocycles. The number of nitrogens with zero attached hydrogens (tertiary/aromatic N) is 2. The van der Waals surface area contributed by atoms with Crippen molar-refractivity contribution < 1.29 is 0 Å². The Morgan fingerprint density at radius 3 is 2.25 bits per heavy atom. The summed E-state index contributed by atoms with van der Waals surface area (Å²) in [7, 11) is 0. The van der Waals surface area contributed by atoms with Crippen LogP contribution in [0.5, 0.6) is 0 Å². The second kappa shape index (κ2) is 8.40. The normalized spacial score (nSPS) is 17.5. The van der Waals surface area contributed by atoms with Crippen LogP contribution in [0, 0.1) is 6.92 Å². The lowest BCUT2D eigenvalue weighted by Crippen LogP contribution is -2.47. The summed E-state index contributed by atoms with van der Waals surface area (Å²) in [6.45, 7) is 10.3. The Labute approximate surface area is 123 Å². The van der Waals surface area contributed by atoms with E-state index in [2.05, 4.69) is 41.0 Å². The molecule has 20 heavy (non-hydrogen) atoms. The van der Waals surface area contributed by atoms with Gasteiger partial charge < -0.3 is 15.5 Å². The second-order valence-electron chi connectivity index (χ2n) is 5.92. The average Bonchev–Trinajstić information content (AvgIpc) is 2.46. The standard InChI is InChI=1S/C17H29N3/c1-16-5-2-6-17(15-16)7-3-9-19-11-13-20(14-12-19)10-4-8-18/h2,5-6,15H,3-4,7-14,18H2,1H3. The fraction of sp³-hybridized carbons (Fsp3) is 0.647. The van der Waals surface area contributed by atoms with Gasteiger partial charge in [0.2, 0.25) is 0 Å². The van der Waals surface area contributed by atoms with E-state index in [0.717, 1.165) is 13.0 Å². The summed E-state index contributed by atoms with van der Waals surface area (Å²) in [4.78, 5) is 5.15. The molecule has 1 aromatic carbocycles. The maximum absolute atomic E-state index is 5.57. The minimum Gasteiger partial charge on any atom is -0.330 e. The highest BCUT2D eigenvalue weighted by molar-refractivity contribution is 5.22. The molecule has 3 heteroatoms. The van der Waals surface area contributed by atoms with Crippen LogP contribution in [0.25, 0.3) is 0 Å². The summed E-state index contributed by atoms with van der Waals surface area (Å²) in [5.74, 6) is 0. The fourth-order valence-corrected chi connectivity index (χ4v) is 2.93. The van der Waals surface area contributed by atoms with E-state index < -0.39 is 0 Å². The Balaban J connectivity index is 1.61. The molecule has 0 spiro atoms. The van der Waals surface area contributed by atoms with E-state index in [1.165, 1.54) is 63.2 Å². The minimum atomic E-state index is 0.816. The number of nitrogens with two attached hydrogens (primary N) is 1. The Kier molecular flexibility index (Phi) is 6.51. The summed E-state index contributed by atoms with van der Waals surface area (Å²) in [6.07, 6.45) is 3.61. The van der Waals surface area contributed by atoms with Crippen molar-refractivity contribution in [1.29, 1.82) is 0 Å². The molecular weight excluding hydrogens is 246 g/mol. The van der Waals surface area contributed by atoms with Crippen LogP contribution < -0.4 is 5.73 Å². The number of rotatable bonds is 7. The van der Waals surface area contributed by atoms with Gasteiger partial charge in [-0.2, -0.15) is 0 Å². The summed E-state index contributed by atoms with van der Waals surface area (Å²) in [6, 6.07) is 8.90. The van der Waals surface area contributed by atoms with Gasteiger partial charge >= 0.3 is 0 Å². The first-order valence-electron chi connectivity index (χ1n) is 7.98. The second-order valence-corrected chi connectivity index (χ2v) is 5.92. The number of aryl methyl sites for hydroxylation is 2. The van der Waals surface area contributed by atoms with Gasteiger partial charge in [0.1, 0.15) is 0 Å². The molecule has 0 unspecified atom stereocenters. The first-order valence-corrected chi connectivity index (χ1v) is 7.98. The molecule has 0 bridgehead atoms. The average molecular weight is 275 g/mol. The van der Waals surface area contributed by atoms with Crippen LogP contribution >= 0.6 is 0 Å². The molecule has 1 aliphatic rings. The molecule has 0 aliphatic carbocycles. The van der Waals surface area contributed by atoms with Crippen LogP contribution in [0.1, 0.15) is 24.0 Å². The third-order valence-electron chi connectivity index (χ3n) is 4.17. The zero-order valence-corrected chi connectivity index (χ0v) is 12.9. The molecule has 1 heterocycles. The topological polar surface area (TPSA) is 32.5 Å². The lowest BCUT2D eigenvalue weighted by molar-refractivity contribution is 0.131. The summed E-state index contributed by atoms with van der Waals surface area (Å²) in [5, 5.41) is 0. The highest BCUT2D eigenvalue weighted by atomic mass is 15.3. The predicted octanol–water partition coefficient (Wildman–Crippen LogP) is 1.89. The quantitative estimate of drug-likeness (QED) is 0.825. The minimum absolute atomic E-state index is 0.816. The van der Waals surface area contributed by atoms with E-state index in [0.29, 0.717) is 0 Å². The summed E-state index contributed by atoms with van der Waals surface area (Å²) < 4.78 is 0. The molecule has 1 saturated heterocycles. The van der Waals surface area contributed by atoms with Gasteiger partial charge in [-0.3, -0.25) is 0 Å². The zero-order valence-electron chi connectivity index (χ0n) is 12.9. The molecule has 0 atom stereocenters. The van der Waals surface area contributed by atoms with Crippen molar-refractivity contribution in [2.75, 3.05) is 45.8 Å². The van der Waals surface area contributed by atoms with Crippen molar-refractivity contribution in [2.24, 2.45) is 5.73 Å². The summed E-state index contributed by atoms with van der Waals surface area (Å²) in [5.41, 5.74) is 8.42. The zero-order chi connectivity index (χ0) is 14.2. The van der Waals surface area contributed by atoms with Gasteiger partial charge in [-0.25, -0.2) is 0 Å². The van der Waals surface area contributed by atoms with Gasteiger partial charge in [0.25, 0.3) is 0 Å². The molecule has 1 aromatic rings. The van der Waals surface area contributed by atoms with Crippen molar-refractivity contribution >= 4 is 0 Å².